The number of piperidine rings is 1. The van der Waals surface area contributed by atoms with Crippen LogP contribution in [-0.4, -0.2) is 25.8 Å². The molecule has 0 aliphatic carbocycles. The number of fused-ring (bicyclic) bond motifs is 1. The van der Waals surface area contributed by atoms with E-state index < -0.39 is 0 Å². The highest BCUT2D eigenvalue weighted by Gasteiger charge is 2.37. The van der Waals surface area contributed by atoms with Gasteiger partial charge in [-0.2, -0.15) is 0 Å². The van der Waals surface area contributed by atoms with Gasteiger partial charge in [-0.05, 0) is 48.5 Å². The molecule has 0 amide bonds. The Bertz CT molecular complexity index is 731. The molecule has 2 aromatic carbocycles. The van der Waals surface area contributed by atoms with E-state index in [0.29, 0.717) is 0 Å². The highest BCUT2D eigenvalue weighted by molar-refractivity contribution is 5.85. The second kappa shape index (κ2) is 5.74. The van der Waals surface area contributed by atoms with Crippen LogP contribution in [0.25, 0.3) is 5.57 Å². The Morgan fingerprint density at radius 2 is 1.83 bits per heavy atom. The summed E-state index contributed by atoms with van der Waals surface area (Å²) in [6.45, 7) is 1.98. The first-order chi connectivity index (χ1) is 11.3. The first-order valence-corrected chi connectivity index (χ1v) is 8.16. The minimum atomic E-state index is -0.196. The van der Waals surface area contributed by atoms with E-state index in [1.165, 1.54) is 11.1 Å². The van der Waals surface area contributed by atoms with Crippen LogP contribution >= 0.6 is 0 Å². The van der Waals surface area contributed by atoms with Crippen molar-refractivity contribution in [2.45, 2.75) is 18.4 Å². The van der Waals surface area contributed by atoms with Crippen LogP contribution in [0.5, 0.6) is 11.5 Å². The maximum Gasteiger partial charge on any atom is 0.130 e. The third-order valence-corrected chi connectivity index (χ3v) is 4.73. The van der Waals surface area contributed by atoms with Crippen molar-refractivity contribution in [2.75, 3.05) is 20.2 Å². The molecule has 1 spiro atoms. The highest BCUT2D eigenvalue weighted by atomic mass is 16.5. The summed E-state index contributed by atoms with van der Waals surface area (Å²) in [5, 5.41) is 3.42. The maximum absolute atomic E-state index is 6.44. The van der Waals surface area contributed by atoms with E-state index in [2.05, 4.69) is 47.8 Å². The topological polar surface area (TPSA) is 30.5 Å². The van der Waals surface area contributed by atoms with Gasteiger partial charge < -0.3 is 14.8 Å². The normalized spacial score (nSPS) is 18.7. The van der Waals surface area contributed by atoms with Crippen LogP contribution in [0.3, 0.4) is 0 Å². The molecule has 118 valence electrons. The molecule has 1 fully saturated rings. The molecule has 0 atom stereocenters. The number of hydrogen-bond donors (Lipinski definition) is 1. The summed E-state index contributed by atoms with van der Waals surface area (Å²) in [5.74, 6) is 1.81. The minimum Gasteiger partial charge on any atom is -0.497 e. The minimum absolute atomic E-state index is 0.196. The molecule has 3 nitrogen and oxygen atoms in total. The summed E-state index contributed by atoms with van der Waals surface area (Å²) in [4.78, 5) is 0. The number of nitrogens with one attached hydrogen (secondary N) is 1. The van der Waals surface area contributed by atoms with Crippen molar-refractivity contribution in [1.29, 1.82) is 0 Å². The average molecular weight is 307 g/mol. The molecule has 0 bridgehead atoms. The zero-order chi connectivity index (χ0) is 15.7. The zero-order valence-electron chi connectivity index (χ0n) is 13.3. The molecule has 2 aromatic rings. The van der Waals surface area contributed by atoms with Crippen molar-refractivity contribution >= 4 is 5.57 Å². The molecular weight excluding hydrogens is 286 g/mol. The van der Waals surface area contributed by atoms with E-state index in [1.54, 1.807) is 7.11 Å². The van der Waals surface area contributed by atoms with Crippen molar-refractivity contribution in [3.8, 4) is 11.5 Å². The predicted octanol–water partition coefficient (Wildman–Crippen LogP) is 3.64. The Morgan fingerprint density at radius 3 is 2.57 bits per heavy atom. The SMILES string of the molecule is COc1ccc2c(c1)C(c1ccccc1)=CC1(CCNCC1)O2. The van der Waals surface area contributed by atoms with Gasteiger partial charge in [0, 0.05) is 18.4 Å². The third kappa shape index (κ3) is 2.62. The second-order valence-electron chi connectivity index (χ2n) is 6.20. The van der Waals surface area contributed by atoms with Gasteiger partial charge in [-0.3, -0.25) is 0 Å². The smallest absolute Gasteiger partial charge is 0.130 e. The molecule has 4 rings (SSSR count). The van der Waals surface area contributed by atoms with Gasteiger partial charge >= 0.3 is 0 Å². The largest absolute Gasteiger partial charge is 0.497 e. The predicted molar refractivity (Wildman–Crippen MR) is 92.0 cm³/mol. The van der Waals surface area contributed by atoms with Gasteiger partial charge in [-0.15, -0.1) is 0 Å². The fraction of sp³-hybridized carbons (Fsp3) is 0.300. The van der Waals surface area contributed by atoms with Crippen molar-refractivity contribution in [1.82, 2.24) is 5.32 Å². The number of benzene rings is 2. The van der Waals surface area contributed by atoms with Crippen LogP contribution in [0.1, 0.15) is 24.0 Å². The van der Waals surface area contributed by atoms with Crippen LogP contribution in [0.15, 0.2) is 54.6 Å². The summed E-state index contributed by atoms with van der Waals surface area (Å²) in [7, 11) is 1.70. The molecule has 23 heavy (non-hydrogen) atoms. The Labute approximate surface area is 136 Å². The molecule has 0 unspecified atom stereocenters. The van der Waals surface area contributed by atoms with Crippen LogP contribution in [0.4, 0.5) is 0 Å². The third-order valence-electron chi connectivity index (χ3n) is 4.73. The molecule has 2 aliphatic rings. The molecule has 0 radical (unpaired) electrons. The van der Waals surface area contributed by atoms with E-state index in [0.717, 1.165) is 43.0 Å². The van der Waals surface area contributed by atoms with Crippen molar-refractivity contribution in [3.05, 3.63) is 65.7 Å². The lowest BCUT2D eigenvalue weighted by molar-refractivity contribution is 0.0816. The highest BCUT2D eigenvalue weighted by Crippen LogP contribution is 2.43. The standard InChI is InChI=1S/C20H21NO2/c1-22-16-7-8-19-17(13-16)18(15-5-3-2-4-6-15)14-20(23-19)9-11-21-12-10-20/h2-8,13-14,21H,9-12H2,1H3. The van der Waals surface area contributed by atoms with Crippen LogP contribution in [0, 0.1) is 0 Å². The van der Waals surface area contributed by atoms with Crippen molar-refractivity contribution < 1.29 is 9.47 Å². The van der Waals surface area contributed by atoms with E-state index in [4.69, 9.17) is 9.47 Å². The average Bonchev–Trinajstić information content (AvgIpc) is 2.62. The first-order valence-electron chi connectivity index (χ1n) is 8.16. The molecule has 0 aromatic heterocycles. The van der Waals surface area contributed by atoms with Crippen molar-refractivity contribution in [2.24, 2.45) is 0 Å². The van der Waals surface area contributed by atoms with E-state index in [9.17, 15) is 0 Å². The van der Waals surface area contributed by atoms with Gasteiger partial charge in [0.2, 0.25) is 0 Å². The lowest BCUT2D eigenvalue weighted by Gasteiger charge is -2.40. The monoisotopic (exact) mass is 307 g/mol. The molecule has 3 heteroatoms. The number of methoxy groups -OCH3 is 1. The summed E-state index contributed by atoms with van der Waals surface area (Å²) in [6, 6.07) is 16.6. The van der Waals surface area contributed by atoms with Crippen LogP contribution in [-0.2, 0) is 0 Å². The Kier molecular flexibility index (Phi) is 3.58. The lowest BCUT2D eigenvalue weighted by atomic mass is 9.83. The Hall–Kier alpha value is -2.26. The summed E-state index contributed by atoms with van der Waals surface area (Å²) >= 11 is 0. The summed E-state index contributed by atoms with van der Waals surface area (Å²) < 4.78 is 11.8. The molecule has 0 saturated carbocycles. The van der Waals surface area contributed by atoms with Crippen LogP contribution < -0.4 is 14.8 Å². The maximum atomic E-state index is 6.44. The molecule has 2 heterocycles. The zero-order valence-corrected chi connectivity index (χ0v) is 13.3. The molecule has 2 aliphatic heterocycles. The van der Waals surface area contributed by atoms with Gasteiger partial charge in [-0.25, -0.2) is 0 Å². The van der Waals surface area contributed by atoms with Gasteiger partial charge in [0.15, 0.2) is 0 Å². The number of ether oxygens (including phenoxy) is 2. The second-order valence-corrected chi connectivity index (χ2v) is 6.20. The van der Waals surface area contributed by atoms with Gasteiger partial charge in [0.1, 0.15) is 17.1 Å². The van der Waals surface area contributed by atoms with Crippen molar-refractivity contribution in [3.63, 3.8) is 0 Å². The molecule has 1 saturated heterocycles. The Balaban J connectivity index is 1.87. The molecular formula is C20H21NO2. The lowest BCUT2D eigenvalue weighted by Crippen LogP contribution is -2.46. The fourth-order valence-corrected chi connectivity index (χ4v) is 3.48. The first kappa shape index (κ1) is 14.3. The molecule has 1 N–H and O–H groups in total. The summed E-state index contributed by atoms with van der Waals surface area (Å²) in [5.41, 5.74) is 3.38. The van der Waals surface area contributed by atoms with Gasteiger partial charge in [-0.1, -0.05) is 30.3 Å². The fourth-order valence-electron chi connectivity index (χ4n) is 3.48. The van der Waals surface area contributed by atoms with E-state index in [-0.39, 0.29) is 5.60 Å². The van der Waals surface area contributed by atoms with Crippen LogP contribution in [0.2, 0.25) is 0 Å². The van der Waals surface area contributed by atoms with Gasteiger partial charge in [0.25, 0.3) is 0 Å². The van der Waals surface area contributed by atoms with Gasteiger partial charge in [0.05, 0.1) is 7.11 Å². The number of hydrogen-bond acceptors (Lipinski definition) is 3. The Morgan fingerprint density at radius 1 is 1.04 bits per heavy atom. The van der Waals surface area contributed by atoms with E-state index in [1.807, 2.05) is 12.1 Å². The summed E-state index contributed by atoms with van der Waals surface area (Å²) in [6.07, 6.45) is 4.31. The number of rotatable bonds is 2. The quantitative estimate of drug-likeness (QED) is 0.919. The van der Waals surface area contributed by atoms with E-state index >= 15 is 0 Å².